The van der Waals surface area contributed by atoms with Gasteiger partial charge in [-0.3, -0.25) is 0 Å². The van der Waals surface area contributed by atoms with Gasteiger partial charge in [-0.2, -0.15) is 0 Å². The molecule has 1 unspecified atom stereocenters. The second-order valence-electron chi connectivity index (χ2n) is 3.88. The number of hydrogen-bond acceptors (Lipinski definition) is 2. The predicted molar refractivity (Wildman–Crippen MR) is 63.3 cm³/mol. The van der Waals surface area contributed by atoms with Crippen LogP contribution < -0.4 is 0 Å². The molecule has 2 aromatic carbocycles. The highest BCUT2D eigenvalue weighted by atomic mass is 16.3. The number of phenols is 1. The van der Waals surface area contributed by atoms with Gasteiger partial charge in [0.1, 0.15) is 11.9 Å². The molecule has 0 saturated heterocycles. The maximum atomic E-state index is 10.1. The number of benzene rings is 2. The highest BCUT2D eigenvalue weighted by molar-refractivity contribution is 5.39. The topological polar surface area (TPSA) is 40.5 Å². The summed E-state index contributed by atoms with van der Waals surface area (Å²) in [5.41, 5.74) is 2.42. The van der Waals surface area contributed by atoms with Crippen LogP contribution in [0.2, 0.25) is 0 Å². The van der Waals surface area contributed by atoms with Crippen LogP contribution in [0, 0.1) is 6.92 Å². The second-order valence-corrected chi connectivity index (χ2v) is 3.88. The van der Waals surface area contributed by atoms with Crippen LogP contribution in [0.15, 0.2) is 48.5 Å². The van der Waals surface area contributed by atoms with Crippen molar-refractivity contribution in [1.82, 2.24) is 0 Å². The normalized spacial score (nSPS) is 12.4. The van der Waals surface area contributed by atoms with E-state index in [1.807, 2.05) is 31.2 Å². The average Bonchev–Trinajstić information content (AvgIpc) is 2.29. The number of hydrogen-bond donors (Lipinski definition) is 2. The monoisotopic (exact) mass is 214 g/mol. The standard InChI is InChI=1S/C14H14O2/c1-10-5-4-6-11(9-10)14(16)12-7-2-3-8-13(12)15/h2-9,14-16H,1H3. The van der Waals surface area contributed by atoms with Crippen molar-refractivity contribution in [3.8, 4) is 5.75 Å². The molecule has 2 aromatic rings. The van der Waals surface area contributed by atoms with E-state index in [2.05, 4.69) is 0 Å². The van der Waals surface area contributed by atoms with E-state index in [0.29, 0.717) is 5.56 Å². The molecule has 0 aromatic heterocycles. The van der Waals surface area contributed by atoms with Crippen LogP contribution in [0.5, 0.6) is 5.75 Å². The van der Waals surface area contributed by atoms with Crippen LogP contribution in [-0.2, 0) is 0 Å². The van der Waals surface area contributed by atoms with E-state index < -0.39 is 6.10 Å². The van der Waals surface area contributed by atoms with Crippen LogP contribution in [0.25, 0.3) is 0 Å². The lowest BCUT2D eigenvalue weighted by Gasteiger charge is -2.13. The van der Waals surface area contributed by atoms with Crippen molar-refractivity contribution >= 4 is 0 Å². The third kappa shape index (κ3) is 2.07. The smallest absolute Gasteiger partial charge is 0.121 e. The lowest BCUT2D eigenvalue weighted by molar-refractivity contribution is 0.215. The minimum atomic E-state index is -0.777. The first-order chi connectivity index (χ1) is 7.68. The molecule has 0 radical (unpaired) electrons. The molecule has 82 valence electrons. The fraction of sp³-hybridized carbons (Fsp3) is 0.143. The van der Waals surface area contributed by atoms with Crippen LogP contribution in [0.1, 0.15) is 22.8 Å². The van der Waals surface area contributed by atoms with E-state index in [4.69, 9.17) is 0 Å². The van der Waals surface area contributed by atoms with Gasteiger partial charge < -0.3 is 10.2 Å². The Morgan fingerprint density at radius 2 is 1.75 bits per heavy atom. The summed E-state index contributed by atoms with van der Waals surface area (Å²) in [7, 11) is 0. The van der Waals surface area contributed by atoms with Gasteiger partial charge in [-0.25, -0.2) is 0 Å². The molecule has 16 heavy (non-hydrogen) atoms. The molecule has 2 rings (SSSR count). The van der Waals surface area contributed by atoms with Crippen LogP contribution >= 0.6 is 0 Å². The molecule has 0 aliphatic rings. The van der Waals surface area contributed by atoms with E-state index >= 15 is 0 Å². The number of aromatic hydroxyl groups is 1. The highest BCUT2D eigenvalue weighted by Gasteiger charge is 2.13. The summed E-state index contributed by atoms with van der Waals surface area (Å²) in [5, 5.41) is 19.8. The largest absolute Gasteiger partial charge is 0.508 e. The van der Waals surface area contributed by atoms with Gasteiger partial charge in [-0.1, -0.05) is 48.0 Å². The Bertz CT molecular complexity index is 492. The van der Waals surface area contributed by atoms with Gasteiger partial charge in [-0.05, 0) is 18.6 Å². The molecule has 0 aliphatic carbocycles. The minimum Gasteiger partial charge on any atom is -0.508 e. The Kier molecular flexibility index (Phi) is 2.93. The Morgan fingerprint density at radius 1 is 1.00 bits per heavy atom. The molecule has 0 aliphatic heterocycles. The van der Waals surface area contributed by atoms with E-state index in [1.54, 1.807) is 24.3 Å². The molecule has 0 fully saturated rings. The lowest BCUT2D eigenvalue weighted by Crippen LogP contribution is -1.99. The molecule has 0 saturated carbocycles. The Labute approximate surface area is 94.8 Å². The molecule has 2 nitrogen and oxygen atoms in total. The third-order valence-corrected chi connectivity index (χ3v) is 2.59. The van der Waals surface area contributed by atoms with Gasteiger partial charge in [0.25, 0.3) is 0 Å². The second kappa shape index (κ2) is 4.37. The average molecular weight is 214 g/mol. The fourth-order valence-corrected chi connectivity index (χ4v) is 1.74. The summed E-state index contributed by atoms with van der Waals surface area (Å²) >= 11 is 0. The number of aliphatic hydroxyl groups is 1. The van der Waals surface area contributed by atoms with Crippen molar-refractivity contribution in [2.75, 3.05) is 0 Å². The minimum absolute atomic E-state index is 0.122. The summed E-state index contributed by atoms with van der Waals surface area (Å²) < 4.78 is 0. The summed E-state index contributed by atoms with van der Waals surface area (Å²) in [6.45, 7) is 1.97. The SMILES string of the molecule is Cc1cccc(C(O)c2ccccc2O)c1. The maximum Gasteiger partial charge on any atom is 0.121 e. The van der Waals surface area contributed by atoms with Gasteiger partial charge in [0.05, 0.1) is 0 Å². The molecule has 0 amide bonds. The number of aryl methyl sites for hydroxylation is 1. The zero-order valence-electron chi connectivity index (χ0n) is 9.09. The van der Waals surface area contributed by atoms with E-state index in [0.717, 1.165) is 11.1 Å². The molecule has 0 bridgehead atoms. The van der Waals surface area contributed by atoms with Gasteiger partial charge in [0.2, 0.25) is 0 Å². The number of phenolic OH excluding ortho intramolecular Hbond substituents is 1. The molecule has 2 heteroatoms. The van der Waals surface area contributed by atoms with Gasteiger partial charge >= 0.3 is 0 Å². The summed E-state index contributed by atoms with van der Waals surface area (Å²) in [5.74, 6) is 0.122. The van der Waals surface area contributed by atoms with Crippen LogP contribution in [-0.4, -0.2) is 10.2 Å². The maximum absolute atomic E-state index is 10.1. The first-order valence-corrected chi connectivity index (χ1v) is 5.21. The van der Waals surface area contributed by atoms with Crippen molar-refractivity contribution < 1.29 is 10.2 Å². The zero-order valence-corrected chi connectivity index (χ0v) is 9.09. The third-order valence-electron chi connectivity index (χ3n) is 2.59. The quantitative estimate of drug-likeness (QED) is 0.807. The van der Waals surface area contributed by atoms with Crippen molar-refractivity contribution in [2.45, 2.75) is 13.0 Å². The molecule has 0 spiro atoms. The van der Waals surface area contributed by atoms with Crippen molar-refractivity contribution in [1.29, 1.82) is 0 Å². The highest BCUT2D eigenvalue weighted by Crippen LogP contribution is 2.28. The lowest BCUT2D eigenvalue weighted by atomic mass is 9.99. The number of aliphatic hydroxyl groups excluding tert-OH is 1. The van der Waals surface area contributed by atoms with Crippen molar-refractivity contribution in [2.24, 2.45) is 0 Å². The van der Waals surface area contributed by atoms with Crippen LogP contribution in [0.4, 0.5) is 0 Å². The molecular weight excluding hydrogens is 200 g/mol. The van der Waals surface area contributed by atoms with E-state index in [1.165, 1.54) is 0 Å². The zero-order chi connectivity index (χ0) is 11.5. The Hall–Kier alpha value is -1.80. The number of para-hydroxylation sites is 1. The van der Waals surface area contributed by atoms with Crippen molar-refractivity contribution in [3.05, 3.63) is 65.2 Å². The van der Waals surface area contributed by atoms with Crippen LogP contribution in [0.3, 0.4) is 0 Å². The molecule has 2 N–H and O–H groups in total. The fourth-order valence-electron chi connectivity index (χ4n) is 1.74. The first-order valence-electron chi connectivity index (χ1n) is 5.21. The van der Waals surface area contributed by atoms with Gasteiger partial charge in [0, 0.05) is 5.56 Å². The summed E-state index contributed by atoms with van der Waals surface area (Å²) in [6, 6.07) is 14.5. The van der Waals surface area contributed by atoms with Crippen molar-refractivity contribution in [3.63, 3.8) is 0 Å². The van der Waals surface area contributed by atoms with Gasteiger partial charge in [0.15, 0.2) is 0 Å². The summed E-state index contributed by atoms with van der Waals surface area (Å²) in [6.07, 6.45) is -0.777. The van der Waals surface area contributed by atoms with Gasteiger partial charge in [-0.15, -0.1) is 0 Å². The Morgan fingerprint density at radius 3 is 2.44 bits per heavy atom. The molecule has 0 heterocycles. The first kappa shape index (κ1) is 10.7. The summed E-state index contributed by atoms with van der Waals surface area (Å²) in [4.78, 5) is 0. The predicted octanol–water partition coefficient (Wildman–Crippen LogP) is 2.78. The molecular formula is C14H14O2. The number of rotatable bonds is 2. The van der Waals surface area contributed by atoms with E-state index in [-0.39, 0.29) is 5.75 Å². The molecule has 1 atom stereocenters. The Balaban J connectivity index is 2.39. The van der Waals surface area contributed by atoms with E-state index in [9.17, 15) is 10.2 Å².